The topological polar surface area (TPSA) is 67.3 Å². The van der Waals surface area contributed by atoms with Crippen molar-refractivity contribution in [1.82, 2.24) is 9.88 Å². The predicted molar refractivity (Wildman–Crippen MR) is 75.5 cm³/mol. The van der Waals surface area contributed by atoms with Crippen LogP contribution in [0.2, 0.25) is 5.15 Å². The zero-order chi connectivity index (χ0) is 14.3. The van der Waals surface area contributed by atoms with Gasteiger partial charge in [-0.05, 0) is 31.4 Å². The van der Waals surface area contributed by atoms with E-state index in [0.29, 0.717) is 12.0 Å². The van der Waals surface area contributed by atoms with Gasteiger partial charge >= 0.3 is 0 Å². The van der Waals surface area contributed by atoms with E-state index in [1.165, 1.54) is 6.20 Å². The highest BCUT2D eigenvalue weighted by Crippen LogP contribution is 2.34. The first-order chi connectivity index (χ1) is 9.48. The van der Waals surface area contributed by atoms with Gasteiger partial charge in [0.15, 0.2) is 9.84 Å². The summed E-state index contributed by atoms with van der Waals surface area (Å²) >= 11 is 5.97. The Morgan fingerprint density at radius 3 is 2.60 bits per heavy atom. The van der Waals surface area contributed by atoms with Gasteiger partial charge in [0.25, 0.3) is 5.91 Å². The van der Waals surface area contributed by atoms with Gasteiger partial charge in [-0.1, -0.05) is 11.6 Å². The van der Waals surface area contributed by atoms with Gasteiger partial charge in [0.1, 0.15) is 5.15 Å². The SMILES string of the molecule is O=C(c1cccnc1Cl)N(C1CC1)[C@H]1CCS(=O)(=O)C1. The number of hydrogen-bond donors (Lipinski definition) is 0. The standard InChI is InChI=1S/C13H15ClN2O3S/c14-12-11(2-1-6-15-12)13(17)16(9-3-4-9)10-5-7-20(18,19)8-10/h1-2,6,9-10H,3-5,7-8H2/t10-/m0/s1. The molecule has 2 aliphatic rings. The van der Waals surface area contributed by atoms with Crippen LogP contribution in [-0.2, 0) is 9.84 Å². The molecule has 0 spiro atoms. The van der Waals surface area contributed by atoms with Crippen LogP contribution < -0.4 is 0 Å². The minimum absolute atomic E-state index is 0.0626. The third-order valence-corrected chi connectivity index (χ3v) is 5.82. The third-order valence-electron chi connectivity index (χ3n) is 3.77. The van der Waals surface area contributed by atoms with Crippen molar-refractivity contribution in [3.8, 4) is 0 Å². The van der Waals surface area contributed by atoms with E-state index in [1.807, 2.05) is 0 Å². The van der Waals surface area contributed by atoms with Gasteiger partial charge in [-0.3, -0.25) is 4.79 Å². The first kappa shape index (κ1) is 13.8. The molecule has 20 heavy (non-hydrogen) atoms. The van der Waals surface area contributed by atoms with Crippen LogP contribution in [-0.4, -0.2) is 47.8 Å². The van der Waals surface area contributed by atoms with Gasteiger partial charge in [0.2, 0.25) is 0 Å². The molecule has 1 aliphatic carbocycles. The summed E-state index contributed by atoms with van der Waals surface area (Å²) in [5.41, 5.74) is 0.352. The molecule has 0 N–H and O–H groups in total. The maximum atomic E-state index is 12.7. The van der Waals surface area contributed by atoms with Gasteiger partial charge < -0.3 is 4.90 Å². The van der Waals surface area contributed by atoms with E-state index in [0.717, 1.165) is 12.8 Å². The number of carbonyl (C=O) groups is 1. The normalized spacial score (nSPS) is 24.6. The zero-order valence-electron chi connectivity index (χ0n) is 10.8. The molecule has 0 unspecified atom stereocenters. The fraction of sp³-hybridized carbons (Fsp3) is 0.538. The maximum Gasteiger partial charge on any atom is 0.257 e. The minimum atomic E-state index is -3.01. The Kier molecular flexibility index (Phi) is 3.46. The summed E-state index contributed by atoms with van der Waals surface area (Å²) in [5.74, 6) is 0.0231. The van der Waals surface area contributed by atoms with Crippen molar-refractivity contribution >= 4 is 27.3 Å². The van der Waals surface area contributed by atoms with E-state index < -0.39 is 9.84 Å². The molecule has 0 bridgehead atoms. The Morgan fingerprint density at radius 1 is 1.30 bits per heavy atom. The Hall–Kier alpha value is -1.14. The van der Waals surface area contributed by atoms with Gasteiger partial charge in [0, 0.05) is 18.3 Å². The van der Waals surface area contributed by atoms with E-state index in [1.54, 1.807) is 17.0 Å². The number of nitrogens with zero attached hydrogens (tertiary/aromatic N) is 2. The lowest BCUT2D eigenvalue weighted by Crippen LogP contribution is -2.42. The van der Waals surface area contributed by atoms with E-state index in [9.17, 15) is 13.2 Å². The molecule has 2 heterocycles. The molecule has 1 amide bonds. The molecule has 1 atom stereocenters. The molecule has 1 saturated heterocycles. The number of amides is 1. The summed E-state index contributed by atoms with van der Waals surface area (Å²) in [6, 6.07) is 3.22. The van der Waals surface area contributed by atoms with Crippen LogP contribution >= 0.6 is 11.6 Å². The second-order valence-electron chi connectivity index (χ2n) is 5.34. The van der Waals surface area contributed by atoms with Crippen molar-refractivity contribution in [2.45, 2.75) is 31.3 Å². The monoisotopic (exact) mass is 314 g/mol. The number of carbonyl (C=O) groups excluding carboxylic acids is 1. The second kappa shape index (κ2) is 5.00. The smallest absolute Gasteiger partial charge is 0.257 e. The fourth-order valence-electron chi connectivity index (χ4n) is 2.66. The van der Waals surface area contributed by atoms with E-state index in [2.05, 4.69) is 4.98 Å². The summed E-state index contributed by atoms with van der Waals surface area (Å²) < 4.78 is 23.3. The highest BCUT2D eigenvalue weighted by molar-refractivity contribution is 7.91. The first-order valence-corrected chi connectivity index (χ1v) is 8.81. The Morgan fingerprint density at radius 2 is 2.05 bits per heavy atom. The molecule has 0 aromatic carbocycles. The highest BCUT2D eigenvalue weighted by Gasteiger charge is 2.42. The van der Waals surface area contributed by atoms with Crippen LogP contribution in [0.4, 0.5) is 0 Å². The Labute approximate surface area is 122 Å². The number of aromatic nitrogens is 1. The average molecular weight is 315 g/mol. The van der Waals surface area contributed by atoms with Crippen molar-refractivity contribution in [3.63, 3.8) is 0 Å². The van der Waals surface area contributed by atoms with Crippen LogP contribution in [0.15, 0.2) is 18.3 Å². The van der Waals surface area contributed by atoms with Crippen LogP contribution in [0, 0.1) is 0 Å². The first-order valence-electron chi connectivity index (χ1n) is 6.61. The van der Waals surface area contributed by atoms with Crippen molar-refractivity contribution in [3.05, 3.63) is 29.0 Å². The molecule has 0 radical (unpaired) electrons. The van der Waals surface area contributed by atoms with Crippen molar-refractivity contribution in [2.75, 3.05) is 11.5 Å². The summed E-state index contributed by atoms with van der Waals surface area (Å²) in [5, 5.41) is 0.170. The predicted octanol–water partition coefficient (Wildman–Crippen LogP) is 1.53. The number of rotatable bonds is 3. The van der Waals surface area contributed by atoms with Gasteiger partial charge in [-0.25, -0.2) is 13.4 Å². The van der Waals surface area contributed by atoms with Crippen LogP contribution in [0.5, 0.6) is 0 Å². The summed E-state index contributed by atoms with van der Waals surface area (Å²) in [4.78, 5) is 18.3. The summed E-state index contributed by atoms with van der Waals surface area (Å²) in [6.45, 7) is 0. The van der Waals surface area contributed by atoms with Crippen molar-refractivity contribution < 1.29 is 13.2 Å². The highest BCUT2D eigenvalue weighted by atomic mass is 35.5. The van der Waals surface area contributed by atoms with E-state index in [4.69, 9.17) is 11.6 Å². The molecule has 1 aliphatic heterocycles. The number of hydrogen-bond acceptors (Lipinski definition) is 4. The largest absolute Gasteiger partial charge is 0.332 e. The van der Waals surface area contributed by atoms with Gasteiger partial charge in [-0.15, -0.1) is 0 Å². The third kappa shape index (κ3) is 2.67. The molecular weight excluding hydrogens is 300 g/mol. The lowest BCUT2D eigenvalue weighted by Gasteiger charge is -2.28. The van der Waals surface area contributed by atoms with E-state index in [-0.39, 0.29) is 34.6 Å². The number of sulfone groups is 1. The summed E-state index contributed by atoms with van der Waals surface area (Å²) in [7, 11) is -3.01. The Bertz CT molecular complexity index is 643. The number of halogens is 1. The van der Waals surface area contributed by atoms with Crippen LogP contribution in [0.3, 0.4) is 0 Å². The van der Waals surface area contributed by atoms with Gasteiger partial charge in [-0.2, -0.15) is 0 Å². The average Bonchev–Trinajstić information content (AvgIpc) is 3.15. The zero-order valence-corrected chi connectivity index (χ0v) is 12.4. The quantitative estimate of drug-likeness (QED) is 0.793. The van der Waals surface area contributed by atoms with Crippen molar-refractivity contribution in [1.29, 1.82) is 0 Å². The second-order valence-corrected chi connectivity index (χ2v) is 7.93. The molecular formula is C13H15ClN2O3S. The minimum Gasteiger partial charge on any atom is -0.332 e. The molecule has 3 rings (SSSR count). The molecule has 108 valence electrons. The maximum absolute atomic E-state index is 12.7. The molecule has 2 fully saturated rings. The lowest BCUT2D eigenvalue weighted by molar-refractivity contribution is 0.0680. The van der Waals surface area contributed by atoms with Gasteiger partial charge in [0.05, 0.1) is 17.1 Å². The number of pyridine rings is 1. The molecule has 5 nitrogen and oxygen atoms in total. The molecule has 1 saturated carbocycles. The van der Waals surface area contributed by atoms with Crippen molar-refractivity contribution in [2.24, 2.45) is 0 Å². The van der Waals surface area contributed by atoms with E-state index >= 15 is 0 Å². The molecule has 1 aromatic rings. The van der Waals surface area contributed by atoms with Crippen LogP contribution in [0.25, 0.3) is 0 Å². The molecule has 1 aromatic heterocycles. The summed E-state index contributed by atoms with van der Waals surface area (Å²) in [6.07, 6.45) is 3.91. The fourth-order valence-corrected chi connectivity index (χ4v) is 4.57. The van der Waals surface area contributed by atoms with Crippen LogP contribution in [0.1, 0.15) is 29.6 Å². The molecule has 7 heteroatoms. The lowest BCUT2D eigenvalue weighted by atomic mass is 10.1. The Balaban J connectivity index is 1.88.